The monoisotopic (exact) mass is 276 g/mol. The molecule has 0 radical (unpaired) electrons. The number of carbonyl (C=O) groups excluding carboxylic acids is 1. The first-order chi connectivity index (χ1) is 9.24. The number of aryl methyl sites for hydroxylation is 1. The van der Waals surface area contributed by atoms with Crippen molar-refractivity contribution < 1.29 is 9.32 Å². The standard InChI is InChI=1S/C14H16N2O2S/c1-9-4-5-12-11(7-9)13(16-18-12)14(17)15-8-10-3-2-6-19-10/h2-3,6,9H,4-5,7-8H2,1H3,(H,15,17). The maximum Gasteiger partial charge on any atom is 0.274 e. The number of rotatable bonds is 3. The number of fused-ring (bicyclic) bond motifs is 1. The largest absolute Gasteiger partial charge is 0.360 e. The van der Waals surface area contributed by atoms with Crippen molar-refractivity contribution in [3.63, 3.8) is 0 Å². The maximum absolute atomic E-state index is 12.2. The third kappa shape index (κ3) is 2.56. The number of amides is 1. The summed E-state index contributed by atoms with van der Waals surface area (Å²) in [5.74, 6) is 1.35. The predicted octanol–water partition coefficient (Wildman–Crippen LogP) is 2.79. The van der Waals surface area contributed by atoms with Crippen molar-refractivity contribution in [2.75, 3.05) is 0 Å². The number of nitrogens with zero attached hydrogens (tertiary/aromatic N) is 1. The average molecular weight is 276 g/mol. The first-order valence-electron chi connectivity index (χ1n) is 6.52. The zero-order valence-electron chi connectivity index (χ0n) is 10.8. The van der Waals surface area contributed by atoms with E-state index in [1.165, 1.54) is 0 Å². The minimum Gasteiger partial charge on any atom is -0.360 e. The van der Waals surface area contributed by atoms with E-state index < -0.39 is 0 Å². The third-order valence-corrected chi connectivity index (χ3v) is 4.38. The van der Waals surface area contributed by atoms with E-state index in [1.807, 2.05) is 17.5 Å². The quantitative estimate of drug-likeness (QED) is 0.938. The van der Waals surface area contributed by atoms with Crippen molar-refractivity contribution >= 4 is 17.2 Å². The molecule has 1 amide bonds. The van der Waals surface area contributed by atoms with Crippen LogP contribution in [0.2, 0.25) is 0 Å². The van der Waals surface area contributed by atoms with Gasteiger partial charge in [0.25, 0.3) is 5.91 Å². The molecule has 1 aliphatic carbocycles. The molecular formula is C14H16N2O2S. The third-order valence-electron chi connectivity index (χ3n) is 3.50. The highest BCUT2D eigenvalue weighted by molar-refractivity contribution is 7.09. The van der Waals surface area contributed by atoms with Crippen LogP contribution in [0.1, 0.15) is 40.0 Å². The SMILES string of the molecule is CC1CCc2onc(C(=O)NCc3cccs3)c2C1. The molecule has 4 nitrogen and oxygen atoms in total. The molecule has 5 heteroatoms. The van der Waals surface area contributed by atoms with Gasteiger partial charge in [0, 0.05) is 16.9 Å². The van der Waals surface area contributed by atoms with Crippen LogP contribution in [0.4, 0.5) is 0 Å². The Morgan fingerprint density at radius 2 is 2.53 bits per heavy atom. The summed E-state index contributed by atoms with van der Waals surface area (Å²) in [5, 5.41) is 8.85. The van der Waals surface area contributed by atoms with Crippen LogP contribution in [0.3, 0.4) is 0 Å². The summed E-state index contributed by atoms with van der Waals surface area (Å²) in [6.45, 7) is 2.75. The molecule has 1 unspecified atom stereocenters. The van der Waals surface area contributed by atoms with Crippen molar-refractivity contribution in [1.82, 2.24) is 10.5 Å². The molecule has 0 aromatic carbocycles. The lowest BCUT2D eigenvalue weighted by Crippen LogP contribution is -2.25. The van der Waals surface area contributed by atoms with Crippen molar-refractivity contribution in [3.8, 4) is 0 Å². The number of aromatic nitrogens is 1. The molecule has 2 aromatic rings. The molecule has 19 heavy (non-hydrogen) atoms. The van der Waals surface area contributed by atoms with Crippen molar-refractivity contribution in [2.45, 2.75) is 32.7 Å². The van der Waals surface area contributed by atoms with E-state index >= 15 is 0 Å². The molecule has 0 bridgehead atoms. The lowest BCUT2D eigenvalue weighted by atomic mass is 9.88. The zero-order chi connectivity index (χ0) is 13.2. The predicted molar refractivity (Wildman–Crippen MR) is 73.2 cm³/mol. The number of carbonyl (C=O) groups is 1. The van der Waals surface area contributed by atoms with E-state index in [0.717, 1.165) is 35.5 Å². The number of hydrogen-bond donors (Lipinski definition) is 1. The van der Waals surface area contributed by atoms with E-state index in [2.05, 4.69) is 17.4 Å². The Morgan fingerprint density at radius 3 is 3.32 bits per heavy atom. The Bertz CT molecular complexity index is 574. The first kappa shape index (κ1) is 12.4. The fourth-order valence-corrected chi connectivity index (χ4v) is 3.07. The number of hydrogen-bond acceptors (Lipinski definition) is 4. The van der Waals surface area contributed by atoms with Gasteiger partial charge < -0.3 is 9.84 Å². The fraction of sp³-hybridized carbons (Fsp3) is 0.429. The van der Waals surface area contributed by atoms with Crippen LogP contribution in [-0.2, 0) is 19.4 Å². The summed E-state index contributed by atoms with van der Waals surface area (Å²) in [7, 11) is 0. The highest BCUT2D eigenvalue weighted by Crippen LogP contribution is 2.27. The van der Waals surface area contributed by atoms with Crippen LogP contribution in [0, 0.1) is 5.92 Å². The van der Waals surface area contributed by atoms with Crippen LogP contribution in [0.25, 0.3) is 0 Å². The second-order valence-electron chi connectivity index (χ2n) is 5.04. The molecule has 2 aromatic heterocycles. The van der Waals surface area contributed by atoms with Gasteiger partial charge in [0.15, 0.2) is 5.69 Å². The van der Waals surface area contributed by atoms with Gasteiger partial charge in [-0.05, 0) is 30.2 Å². The smallest absolute Gasteiger partial charge is 0.274 e. The van der Waals surface area contributed by atoms with Crippen LogP contribution in [-0.4, -0.2) is 11.1 Å². The molecule has 0 aliphatic heterocycles. The Labute approximate surface area is 115 Å². The van der Waals surface area contributed by atoms with Gasteiger partial charge in [0.1, 0.15) is 5.76 Å². The first-order valence-corrected chi connectivity index (χ1v) is 7.40. The van der Waals surface area contributed by atoms with Gasteiger partial charge in [-0.15, -0.1) is 11.3 Å². The summed E-state index contributed by atoms with van der Waals surface area (Å²) in [5.41, 5.74) is 1.47. The Kier molecular flexibility index (Phi) is 3.38. The number of nitrogens with one attached hydrogen (secondary N) is 1. The summed E-state index contributed by atoms with van der Waals surface area (Å²) >= 11 is 1.63. The van der Waals surface area contributed by atoms with Gasteiger partial charge in [-0.3, -0.25) is 4.79 Å². The highest BCUT2D eigenvalue weighted by Gasteiger charge is 2.26. The van der Waals surface area contributed by atoms with Crippen LogP contribution < -0.4 is 5.32 Å². The molecule has 2 heterocycles. The highest BCUT2D eigenvalue weighted by atomic mass is 32.1. The van der Waals surface area contributed by atoms with Gasteiger partial charge in [-0.25, -0.2) is 0 Å². The lowest BCUT2D eigenvalue weighted by Gasteiger charge is -2.16. The fourth-order valence-electron chi connectivity index (χ4n) is 2.42. The molecule has 1 N–H and O–H groups in total. The van der Waals surface area contributed by atoms with Gasteiger partial charge in [-0.2, -0.15) is 0 Å². The van der Waals surface area contributed by atoms with E-state index in [1.54, 1.807) is 11.3 Å². The van der Waals surface area contributed by atoms with E-state index in [9.17, 15) is 4.79 Å². The molecule has 0 fully saturated rings. The summed E-state index contributed by atoms with van der Waals surface area (Å²) < 4.78 is 5.29. The molecule has 1 aliphatic rings. The van der Waals surface area contributed by atoms with E-state index in [0.29, 0.717) is 18.2 Å². The van der Waals surface area contributed by atoms with Crippen LogP contribution >= 0.6 is 11.3 Å². The second kappa shape index (κ2) is 5.17. The minimum atomic E-state index is -0.132. The molecule has 100 valence electrons. The Morgan fingerprint density at radius 1 is 1.63 bits per heavy atom. The second-order valence-corrected chi connectivity index (χ2v) is 6.08. The average Bonchev–Trinajstić information content (AvgIpc) is 3.04. The maximum atomic E-state index is 12.2. The van der Waals surface area contributed by atoms with Gasteiger partial charge >= 0.3 is 0 Å². The van der Waals surface area contributed by atoms with Crippen molar-refractivity contribution in [3.05, 3.63) is 39.4 Å². The van der Waals surface area contributed by atoms with E-state index in [4.69, 9.17) is 4.52 Å². The number of thiophene rings is 1. The van der Waals surface area contributed by atoms with E-state index in [-0.39, 0.29) is 5.91 Å². The van der Waals surface area contributed by atoms with Crippen LogP contribution in [0.15, 0.2) is 22.0 Å². The lowest BCUT2D eigenvalue weighted by molar-refractivity contribution is 0.0941. The molecule has 1 atom stereocenters. The molecule has 0 saturated carbocycles. The van der Waals surface area contributed by atoms with Gasteiger partial charge in [0.05, 0.1) is 6.54 Å². The van der Waals surface area contributed by atoms with Crippen LogP contribution in [0.5, 0.6) is 0 Å². The topological polar surface area (TPSA) is 55.1 Å². The normalized spacial score (nSPS) is 18.1. The molecule has 0 saturated heterocycles. The Hall–Kier alpha value is -1.62. The molecule has 0 spiro atoms. The summed E-state index contributed by atoms with van der Waals surface area (Å²) in [6, 6.07) is 3.98. The summed E-state index contributed by atoms with van der Waals surface area (Å²) in [4.78, 5) is 13.3. The zero-order valence-corrected chi connectivity index (χ0v) is 11.6. The van der Waals surface area contributed by atoms with Gasteiger partial charge in [-0.1, -0.05) is 18.1 Å². The molecular weight excluding hydrogens is 260 g/mol. The van der Waals surface area contributed by atoms with Crippen molar-refractivity contribution in [1.29, 1.82) is 0 Å². The van der Waals surface area contributed by atoms with Crippen molar-refractivity contribution in [2.24, 2.45) is 5.92 Å². The Balaban J connectivity index is 1.72. The summed E-state index contributed by atoms with van der Waals surface area (Å²) in [6.07, 6.45) is 2.89. The molecule has 3 rings (SSSR count). The van der Waals surface area contributed by atoms with Gasteiger partial charge in [0.2, 0.25) is 0 Å². The minimum absolute atomic E-state index is 0.132.